The first-order valence-corrected chi connectivity index (χ1v) is 9.27. The molecule has 0 saturated carbocycles. The average molecular weight is 355 g/mol. The van der Waals surface area contributed by atoms with Gasteiger partial charge in [0.25, 0.3) is 0 Å². The molecule has 0 radical (unpaired) electrons. The third kappa shape index (κ3) is 3.10. The predicted octanol–water partition coefficient (Wildman–Crippen LogP) is 5.70. The Hall–Kier alpha value is -3.07. The summed E-state index contributed by atoms with van der Waals surface area (Å²) in [5.74, 6) is 0.481. The van der Waals surface area contributed by atoms with E-state index in [1.165, 1.54) is 21.9 Å². The third-order valence-corrected chi connectivity index (χ3v) is 5.20. The molecule has 0 aromatic heterocycles. The summed E-state index contributed by atoms with van der Waals surface area (Å²) in [7, 11) is 1.96. The molecule has 0 atom stereocenters. The first-order chi connectivity index (χ1) is 12.8. The molecule has 0 bridgehead atoms. The minimum atomic E-state index is 0.0915. The van der Waals surface area contributed by atoms with Crippen LogP contribution in [0, 0.1) is 0 Å². The molecule has 136 valence electrons. The van der Waals surface area contributed by atoms with Crippen LogP contribution in [-0.2, 0) is 5.41 Å². The van der Waals surface area contributed by atoms with Gasteiger partial charge in [0, 0.05) is 18.3 Å². The molecular formula is C24H25N3. The average Bonchev–Trinajstić information content (AvgIpc) is 3.09. The molecule has 0 unspecified atom stereocenters. The molecule has 3 heteroatoms. The largest absolute Gasteiger partial charge is 0.369 e. The van der Waals surface area contributed by atoms with Crippen LogP contribution in [0.5, 0.6) is 0 Å². The minimum Gasteiger partial charge on any atom is -0.369 e. The van der Waals surface area contributed by atoms with Gasteiger partial charge in [0.1, 0.15) is 0 Å². The Morgan fingerprint density at radius 3 is 2.52 bits per heavy atom. The van der Waals surface area contributed by atoms with Gasteiger partial charge in [-0.3, -0.25) is 0 Å². The highest BCUT2D eigenvalue weighted by molar-refractivity contribution is 6.08. The number of hydrogen-bond acceptors (Lipinski definition) is 1. The fraction of sp³-hybridized carbons (Fsp3) is 0.208. The second-order valence-corrected chi connectivity index (χ2v) is 8.11. The zero-order valence-corrected chi connectivity index (χ0v) is 16.3. The summed E-state index contributed by atoms with van der Waals surface area (Å²) in [6, 6.07) is 19.0. The molecular weight excluding hydrogens is 330 g/mol. The van der Waals surface area contributed by atoms with Crippen molar-refractivity contribution in [3.8, 4) is 0 Å². The fourth-order valence-electron chi connectivity index (χ4n) is 3.52. The van der Waals surface area contributed by atoms with Crippen LogP contribution in [0.1, 0.15) is 37.5 Å². The summed E-state index contributed by atoms with van der Waals surface area (Å²) in [6.45, 7) is 6.64. The van der Waals surface area contributed by atoms with Crippen LogP contribution >= 0.6 is 0 Å². The summed E-state index contributed by atoms with van der Waals surface area (Å²) in [6.07, 6.45) is 4.27. The SMILES string of the molecule is CN(C(N)=Nc1ccc2cccc3c2c1C=C3)c1cccc(C(C)(C)C)c1. The van der Waals surface area contributed by atoms with Crippen LogP contribution in [0.2, 0.25) is 0 Å². The van der Waals surface area contributed by atoms with Gasteiger partial charge in [0.2, 0.25) is 5.96 Å². The third-order valence-electron chi connectivity index (χ3n) is 5.20. The van der Waals surface area contributed by atoms with Crippen LogP contribution in [0.4, 0.5) is 11.4 Å². The van der Waals surface area contributed by atoms with Crippen LogP contribution in [0.25, 0.3) is 22.9 Å². The Kier molecular flexibility index (Phi) is 4.03. The van der Waals surface area contributed by atoms with E-state index in [9.17, 15) is 0 Å². The normalized spacial score (nSPS) is 13.4. The van der Waals surface area contributed by atoms with E-state index in [2.05, 4.69) is 81.5 Å². The maximum atomic E-state index is 6.38. The first-order valence-electron chi connectivity index (χ1n) is 9.27. The minimum absolute atomic E-state index is 0.0915. The van der Waals surface area contributed by atoms with Gasteiger partial charge in [-0.05, 0) is 45.5 Å². The second-order valence-electron chi connectivity index (χ2n) is 8.11. The van der Waals surface area contributed by atoms with E-state index in [1.54, 1.807) is 0 Å². The molecule has 0 fully saturated rings. The summed E-state index contributed by atoms with van der Waals surface area (Å²) in [4.78, 5) is 6.69. The van der Waals surface area contributed by atoms with Crippen molar-refractivity contribution >= 4 is 40.3 Å². The molecule has 2 N–H and O–H groups in total. The molecule has 3 nitrogen and oxygen atoms in total. The highest BCUT2D eigenvalue weighted by Gasteiger charge is 2.16. The van der Waals surface area contributed by atoms with Crippen LogP contribution in [0.3, 0.4) is 0 Å². The standard InChI is InChI=1S/C24H25N3/c1-24(2,3)18-9-6-10-19(15-18)27(4)23(25)26-21-14-12-17-8-5-7-16-11-13-20(21)22(16)17/h5-15H,1-4H3,(H2,25,26). The van der Waals surface area contributed by atoms with Crippen molar-refractivity contribution < 1.29 is 0 Å². The van der Waals surface area contributed by atoms with E-state index in [1.807, 2.05) is 18.0 Å². The molecule has 0 saturated heterocycles. The lowest BCUT2D eigenvalue weighted by atomic mass is 9.87. The second kappa shape index (κ2) is 6.27. The molecule has 1 aliphatic rings. The van der Waals surface area contributed by atoms with Crippen LogP contribution in [0.15, 0.2) is 59.6 Å². The monoisotopic (exact) mass is 355 g/mol. The van der Waals surface area contributed by atoms with Gasteiger partial charge in [-0.2, -0.15) is 0 Å². The summed E-state index contributed by atoms with van der Waals surface area (Å²) in [5, 5.41) is 2.49. The molecule has 0 amide bonds. The van der Waals surface area contributed by atoms with Crippen LogP contribution < -0.4 is 10.6 Å². The predicted molar refractivity (Wildman–Crippen MR) is 118 cm³/mol. The van der Waals surface area contributed by atoms with E-state index >= 15 is 0 Å². The summed E-state index contributed by atoms with van der Waals surface area (Å²) in [5.41, 5.74) is 12.1. The number of anilines is 1. The molecule has 3 aromatic rings. The van der Waals surface area contributed by atoms with E-state index in [0.29, 0.717) is 5.96 Å². The van der Waals surface area contributed by atoms with Gasteiger partial charge < -0.3 is 10.6 Å². The fourth-order valence-corrected chi connectivity index (χ4v) is 3.52. The maximum absolute atomic E-state index is 6.38. The van der Waals surface area contributed by atoms with Crippen molar-refractivity contribution in [2.45, 2.75) is 26.2 Å². The summed E-state index contributed by atoms with van der Waals surface area (Å²) >= 11 is 0. The Bertz CT molecular complexity index is 1080. The van der Waals surface area contributed by atoms with Gasteiger partial charge in [0.05, 0.1) is 5.69 Å². The zero-order chi connectivity index (χ0) is 19.2. The van der Waals surface area contributed by atoms with Crippen molar-refractivity contribution in [1.29, 1.82) is 0 Å². The highest BCUT2D eigenvalue weighted by Crippen LogP contribution is 2.37. The topological polar surface area (TPSA) is 41.6 Å². The molecule has 1 aliphatic carbocycles. The van der Waals surface area contributed by atoms with E-state index in [0.717, 1.165) is 16.9 Å². The first kappa shape index (κ1) is 17.3. The van der Waals surface area contributed by atoms with E-state index in [-0.39, 0.29) is 5.41 Å². The van der Waals surface area contributed by atoms with E-state index in [4.69, 9.17) is 10.7 Å². The van der Waals surface area contributed by atoms with Gasteiger partial charge in [0.15, 0.2) is 0 Å². The van der Waals surface area contributed by atoms with Crippen molar-refractivity contribution in [2.75, 3.05) is 11.9 Å². The Morgan fingerprint density at radius 2 is 1.74 bits per heavy atom. The molecule has 27 heavy (non-hydrogen) atoms. The number of nitrogens with zero attached hydrogens (tertiary/aromatic N) is 2. The Labute approximate surface area is 160 Å². The smallest absolute Gasteiger partial charge is 0.200 e. The van der Waals surface area contributed by atoms with Gasteiger partial charge >= 0.3 is 0 Å². The lowest BCUT2D eigenvalue weighted by molar-refractivity contribution is 0.590. The number of guanidine groups is 1. The quantitative estimate of drug-likeness (QED) is 0.370. The maximum Gasteiger partial charge on any atom is 0.200 e. The number of nitrogens with two attached hydrogens (primary N) is 1. The number of aliphatic imine (C=N–C) groups is 1. The molecule has 4 rings (SSSR count). The summed E-state index contributed by atoms with van der Waals surface area (Å²) < 4.78 is 0. The van der Waals surface area contributed by atoms with Gasteiger partial charge in [-0.15, -0.1) is 0 Å². The molecule has 3 aromatic carbocycles. The lowest BCUT2D eigenvalue weighted by Crippen LogP contribution is -2.33. The number of hydrogen-bond donors (Lipinski definition) is 1. The number of rotatable bonds is 2. The lowest BCUT2D eigenvalue weighted by Gasteiger charge is -2.23. The number of benzene rings is 3. The Balaban J connectivity index is 1.72. The van der Waals surface area contributed by atoms with Gasteiger partial charge in [-0.25, -0.2) is 4.99 Å². The van der Waals surface area contributed by atoms with Crippen molar-refractivity contribution in [2.24, 2.45) is 10.7 Å². The molecule has 0 aliphatic heterocycles. The van der Waals surface area contributed by atoms with E-state index < -0.39 is 0 Å². The van der Waals surface area contributed by atoms with Crippen molar-refractivity contribution in [3.63, 3.8) is 0 Å². The van der Waals surface area contributed by atoms with Crippen LogP contribution in [-0.4, -0.2) is 13.0 Å². The van der Waals surface area contributed by atoms with Gasteiger partial charge in [-0.1, -0.05) is 69.3 Å². The van der Waals surface area contributed by atoms with Crippen molar-refractivity contribution in [1.82, 2.24) is 0 Å². The zero-order valence-electron chi connectivity index (χ0n) is 16.3. The van der Waals surface area contributed by atoms with Crippen molar-refractivity contribution in [3.05, 3.63) is 71.3 Å². The molecule has 0 heterocycles. The highest BCUT2D eigenvalue weighted by atomic mass is 15.2. The Morgan fingerprint density at radius 1 is 0.963 bits per heavy atom. The molecule has 0 spiro atoms.